The molecular formula is C18H24O3. The molecule has 0 heterocycles. The third-order valence-electron chi connectivity index (χ3n) is 3.83. The molecule has 0 unspecified atom stereocenters. The van der Waals surface area contributed by atoms with Gasteiger partial charge in [0.1, 0.15) is 11.5 Å². The minimum absolute atomic E-state index is 0.0102. The van der Waals surface area contributed by atoms with Crippen LogP contribution >= 0.6 is 0 Å². The van der Waals surface area contributed by atoms with Crippen LogP contribution in [0.3, 0.4) is 0 Å². The van der Waals surface area contributed by atoms with Crippen LogP contribution in [0.1, 0.15) is 45.4 Å². The van der Waals surface area contributed by atoms with E-state index in [1.54, 1.807) is 12.1 Å². The summed E-state index contributed by atoms with van der Waals surface area (Å²) in [5, 5.41) is 0. The molecule has 21 heavy (non-hydrogen) atoms. The highest BCUT2D eigenvalue weighted by atomic mass is 16.5. The van der Waals surface area contributed by atoms with Crippen LogP contribution in [0.2, 0.25) is 0 Å². The molecule has 0 N–H and O–H groups in total. The van der Waals surface area contributed by atoms with Gasteiger partial charge in [-0.25, -0.2) is 0 Å². The summed E-state index contributed by atoms with van der Waals surface area (Å²) in [7, 11) is 0. The number of hydrogen-bond acceptors (Lipinski definition) is 3. The Morgan fingerprint density at radius 2 is 1.81 bits per heavy atom. The van der Waals surface area contributed by atoms with E-state index in [4.69, 9.17) is 9.47 Å². The van der Waals surface area contributed by atoms with Crippen molar-refractivity contribution in [3.05, 3.63) is 36.4 Å². The zero-order chi connectivity index (χ0) is 15.1. The summed E-state index contributed by atoms with van der Waals surface area (Å²) in [6.07, 6.45) is 5.74. The van der Waals surface area contributed by atoms with Gasteiger partial charge in [-0.2, -0.15) is 0 Å². The second kappa shape index (κ2) is 7.87. The van der Waals surface area contributed by atoms with Crippen molar-refractivity contribution in [2.24, 2.45) is 5.92 Å². The number of carbonyl (C=O) groups excluding carboxylic acids is 1. The molecular weight excluding hydrogens is 264 g/mol. The van der Waals surface area contributed by atoms with Crippen molar-refractivity contribution in [2.45, 2.75) is 45.4 Å². The number of esters is 1. The van der Waals surface area contributed by atoms with Gasteiger partial charge in [0.2, 0.25) is 0 Å². The Morgan fingerprint density at radius 1 is 1.19 bits per heavy atom. The quantitative estimate of drug-likeness (QED) is 0.334. The molecule has 0 saturated heterocycles. The van der Waals surface area contributed by atoms with Gasteiger partial charge in [0, 0.05) is 0 Å². The molecule has 3 heteroatoms. The van der Waals surface area contributed by atoms with Crippen LogP contribution in [0.15, 0.2) is 36.4 Å². The second-order valence-electron chi connectivity index (χ2n) is 5.62. The van der Waals surface area contributed by atoms with Crippen molar-refractivity contribution < 1.29 is 14.3 Å². The van der Waals surface area contributed by atoms with Crippen LogP contribution in [-0.4, -0.2) is 12.6 Å². The van der Waals surface area contributed by atoms with Crippen molar-refractivity contribution >= 4 is 5.97 Å². The van der Waals surface area contributed by atoms with E-state index in [-0.39, 0.29) is 11.9 Å². The van der Waals surface area contributed by atoms with E-state index in [0.29, 0.717) is 5.75 Å². The highest BCUT2D eigenvalue weighted by Crippen LogP contribution is 2.28. The monoisotopic (exact) mass is 288 g/mol. The average Bonchev–Trinajstić information content (AvgIpc) is 2.50. The van der Waals surface area contributed by atoms with Crippen LogP contribution in [0.5, 0.6) is 11.5 Å². The summed E-state index contributed by atoms with van der Waals surface area (Å²) < 4.78 is 11.0. The van der Waals surface area contributed by atoms with Gasteiger partial charge in [-0.1, -0.05) is 25.5 Å². The molecule has 1 saturated carbocycles. The number of ether oxygens (including phenoxy) is 2. The van der Waals surface area contributed by atoms with E-state index in [1.165, 1.54) is 5.57 Å². The fraction of sp³-hybridized carbons (Fsp3) is 0.500. The molecule has 1 aromatic rings. The maximum atomic E-state index is 12.1. The molecule has 1 aliphatic rings. The zero-order valence-electron chi connectivity index (χ0n) is 12.8. The summed E-state index contributed by atoms with van der Waals surface area (Å²) in [5.74, 6) is 1.29. The Balaban J connectivity index is 1.82. The first-order chi connectivity index (χ1) is 10.2. The van der Waals surface area contributed by atoms with E-state index < -0.39 is 0 Å². The predicted molar refractivity (Wildman–Crippen MR) is 83.6 cm³/mol. The van der Waals surface area contributed by atoms with Gasteiger partial charge < -0.3 is 9.47 Å². The number of rotatable bonds is 6. The number of unbranched alkanes of at least 4 members (excludes halogenated alkanes) is 1. The molecule has 0 radical (unpaired) electrons. The van der Waals surface area contributed by atoms with Crippen LogP contribution in [-0.2, 0) is 4.79 Å². The molecule has 1 fully saturated rings. The second-order valence-corrected chi connectivity index (χ2v) is 5.62. The minimum Gasteiger partial charge on any atom is -0.494 e. The molecule has 0 atom stereocenters. The first-order valence-corrected chi connectivity index (χ1v) is 7.80. The molecule has 0 aromatic heterocycles. The topological polar surface area (TPSA) is 35.5 Å². The lowest BCUT2D eigenvalue weighted by atomic mass is 9.87. The normalized spacial score (nSPS) is 15.8. The van der Waals surface area contributed by atoms with Gasteiger partial charge in [-0.15, -0.1) is 0 Å². The fourth-order valence-electron chi connectivity index (χ4n) is 2.40. The molecule has 1 aliphatic carbocycles. The fourth-order valence-corrected chi connectivity index (χ4v) is 2.40. The van der Waals surface area contributed by atoms with Crippen LogP contribution in [0.4, 0.5) is 0 Å². The van der Waals surface area contributed by atoms with Crippen molar-refractivity contribution in [2.75, 3.05) is 6.61 Å². The first kappa shape index (κ1) is 15.6. The number of hydrogen-bond donors (Lipinski definition) is 0. The third kappa shape index (κ3) is 4.92. The van der Waals surface area contributed by atoms with Crippen molar-refractivity contribution in [3.63, 3.8) is 0 Å². The zero-order valence-corrected chi connectivity index (χ0v) is 12.8. The maximum Gasteiger partial charge on any atom is 0.314 e. The summed E-state index contributed by atoms with van der Waals surface area (Å²) in [5.41, 5.74) is 1.24. The van der Waals surface area contributed by atoms with E-state index in [9.17, 15) is 4.79 Å². The van der Waals surface area contributed by atoms with Gasteiger partial charge >= 0.3 is 5.97 Å². The number of allylic oxidation sites excluding steroid dienone is 1. The lowest BCUT2D eigenvalue weighted by molar-refractivity contribution is -0.139. The van der Waals surface area contributed by atoms with Gasteiger partial charge in [0.05, 0.1) is 12.5 Å². The number of benzene rings is 1. The van der Waals surface area contributed by atoms with Crippen molar-refractivity contribution in [3.8, 4) is 11.5 Å². The lowest BCUT2D eigenvalue weighted by Gasteiger charge is -2.21. The maximum absolute atomic E-state index is 12.1. The minimum atomic E-state index is -0.123. The van der Waals surface area contributed by atoms with E-state index in [0.717, 1.165) is 50.9 Å². The van der Waals surface area contributed by atoms with Crippen molar-refractivity contribution in [1.82, 2.24) is 0 Å². The van der Waals surface area contributed by atoms with Gasteiger partial charge in [-0.05, 0) is 56.4 Å². The molecule has 2 rings (SSSR count). The van der Waals surface area contributed by atoms with Gasteiger partial charge in [-0.3, -0.25) is 4.79 Å². The Hall–Kier alpha value is -1.77. The molecule has 114 valence electrons. The highest BCUT2D eigenvalue weighted by Gasteiger charge is 2.24. The molecule has 3 nitrogen and oxygen atoms in total. The molecule has 0 spiro atoms. The van der Waals surface area contributed by atoms with Crippen LogP contribution in [0, 0.1) is 5.92 Å². The summed E-state index contributed by atoms with van der Waals surface area (Å²) >= 11 is 0. The highest BCUT2D eigenvalue weighted by molar-refractivity contribution is 5.75. The molecule has 0 amide bonds. The van der Waals surface area contributed by atoms with E-state index in [1.807, 2.05) is 12.1 Å². The van der Waals surface area contributed by atoms with E-state index >= 15 is 0 Å². The van der Waals surface area contributed by atoms with Gasteiger partial charge in [0.25, 0.3) is 0 Å². The Bertz CT molecular complexity index is 466. The van der Waals surface area contributed by atoms with Crippen molar-refractivity contribution in [1.29, 1.82) is 0 Å². The summed E-state index contributed by atoms with van der Waals surface area (Å²) in [4.78, 5) is 12.1. The SMILES string of the molecule is C=C1CCC(C(=O)Oc2ccc(OCCCC)cc2)CC1. The predicted octanol–water partition coefficient (Wildman–Crippen LogP) is 4.52. The number of carbonyl (C=O) groups is 1. The summed E-state index contributed by atoms with van der Waals surface area (Å²) in [6, 6.07) is 7.28. The van der Waals surface area contributed by atoms with Crippen LogP contribution < -0.4 is 9.47 Å². The van der Waals surface area contributed by atoms with E-state index in [2.05, 4.69) is 13.5 Å². The Kier molecular flexibility index (Phi) is 5.85. The standard InChI is InChI=1S/C18H24O3/c1-3-4-13-20-16-9-11-17(12-10-16)21-18(19)15-7-5-14(2)6-8-15/h9-12,15H,2-8,13H2,1H3. The lowest BCUT2D eigenvalue weighted by Crippen LogP contribution is -2.23. The third-order valence-corrected chi connectivity index (χ3v) is 3.83. The largest absolute Gasteiger partial charge is 0.494 e. The van der Waals surface area contributed by atoms with Gasteiger partial charge in [0.15, 0.2) is 0 Å². The Morgan fingerprint density at radius 3 is 2.43 bits per heavy atom. The average molecular weight is 288 g/mol. The molecule has 1 aromatic carbocycles. The summed E-state index contributed by atoms with van der Waals surface area (Å²) in [6.45, 7) is 6.82. The first-order valence-electron chi connectivity index (χ1n) is 7.80. The van der Waals surface area contributed by atoms with Crippen LogP contribution in [0.25, 0.3) is 0 Å². The molecule has 0 aliphatic heterocycles. The smallest absolute Gasteiger partial charge is 0.314 e. The molecule has 0 bridgehead atoms. The Labute approximate surface area is 127 Å².